The van der Waals surface area contributed by atoms with Crippen molar-refractivity contribution in [1.29, 1.82) is 0 Å². The van der Waals surface area contributed by atoms with Gasteiger partial charge in [0.1, 0.15) is 0 Å². The molecule has 0 spiro atoms. The maximum atomic E-state index is 5.62. The third-order valence-corrected chi connectivity index (χ3v) is 3.25. The first-order valence-corrected chi connectivity index (χ1v) is 4.29. The molecule has 0 heterocycles. The summed E-state index contributed by atoms with van der Waals surface area (Å²) < 4.78 is 0. The van der Waals surface area contributed by atoms with Crippen LogP contribution in [0.25, 0.3) is 0 Å². The standard InChI is InChI=1S/C9H19N/c1-7(6-10)9(2,3)8-4-5-8/h7-8H,4-6,10H2,1-3H3/t7-/m1/s1. The van der Waals surface area contributed by atoms with Crippen molar-refractivity contribution in [1.82, 2.24) is 0 Å². The van der Waals surface area contributed by atoms with E-state index in [2.05, 4.69) is 20.8 Å². The maximum absolute atomic E-state index is 5.62. The molecule has 0 aromatic heterocycles. The van der Waals surface area contributed by atoms with Crippen LogP contribution in [0.3, 0.4) is 0 Å². The minimum atomic E-state index is 0.495. The van der Waals surface area contributed by atoms with Crippen molar-refractivity contribution in [2.45, 2.75) is 33.6 Å². The second kappa shape index (κ2) is 2.54. The normalized spacial score (nSPS) is 22.8. The van der Waals surface area contributed by atoms with E-state index in [1.165, 1.54) is 12.8 Å². The molecule has 1 rings (SSSR count). The van der Waals surface area contributed by atoms with Crippen molar-refractivity contribution in [3.8, 4) is 0 Å². The highest BCUT2D eigenvalue weighted by molar-refractivity contribution is 4.91. The fraction of sp³-hybridized carbons (Fsp3) is 1.00. The molecule has 0 aromatic carbocycles. The summed E-state index contributed by atoms with van der Waals surface area (Å²) in [6, 6.07) is 0. The first-order chi connectivity index (χ1) is 4.59. The van der Waals surface area contributed by atoms with Crippen LogP contribution in [0.5, 0.6) is 0 Å². The number of hydrogen-bond acceptors (Lipinski definition) is 1. The molecule has 0 saturated heterocycles. The Bertz CT molecular complexity index is 114. The summed E-state index contributed by atoms with van der Waals surface area (Å²) >= 11 is 0. The second-order valence-electron chi connectivity index (χ2n) is 4.23. The highest BCUT2D eigenvalue weighted by Crippen LogP contribution is 2.49. The Kier molecular flexibility index (Phi) is 2.04. The van der Waals surface area contributed by atoms with E-state index >= 15 is 0 Å². The fourth-order valence-corrected chi connectivity index (χ4v) is 1.53. The largest absolute Gasteiger partial charge is 0.330 e. The Morgan fingerprint density at radius 3 is 2.30 bits per heavy atom. The Morgan fingerprint density at radius 2 is 2.00 bits per heavy atom. The van der Waals surface area contributed by atoms with E-state index in [1.54, 1.807) is 0 Å². The van der Waals surface area contributed by atoms with E-state index in [9.17, 15) is 0 Å². The van der Waals surface area contributed by atoms with Gasteiger partial charge in [0.2, 0.25) is 0 Å². The molecule has 1 fully saturated rings. The lowest BCUT2D eigenvalue weighted by Crippen LogP contribution is -2.29. The molecule has 60 valence electrons. The van der Waals surface area contributed by atoms with Gasteiger partial charge in [0.15, 0.2) is 0 Å². The quantitative estimate of drug-likeness (QED) is 0.639. The Hall–Kier alpha value is -0.0400. The maximum Gasteiger partial charge on any atom is -0.00463 e. The van der Waals surface area contributed by atoms with Gasteiger partial charge < -0.3 is 5.73 Å². The zero-order valence-corrected chi connectivity index (χ0v) is 7.35. The third kappa shape index (κ3) is 1.34. The lowest BCUT2D eigenvalue weighted by Gasteiger charge is -2.30. The van der Waals surface area contributed by atoms with Gasteiger partial charge in [-0.05, 0) is 36.6 Å². The lowest BCUT2D eigenvalue weighted by molar-refractivity contribution is 0.197. The van der Waals surface area contributed by atoms with E-state index in [0.29, 0.717) is 11.3 Å². The van der Waals surface area contributed by atoms with Gasteiger partial charge in [-0.15, -0.1) is 0 Å². The molecular formula is C9H19N. The van der Waals surface area contributed by atoms with Crippen molar-refractivity contribution >= 4 is 0 Å². The van der Waals surface area contributed by atoms with Gasteiger partial charge >= 0.3 is 0 Å². The van der Waals surface area contributed by atoms with Crippen LogP contribution in [0.4, 0.5) is 0 Å². The minimum absolute atomic E-state index is 0.495. The van der Waals surface area contributed by atoms with Gasteiger partial charge in [-0.1, -0.05) is 20.8 Å². The van der Waals surface area contributed by atoms with Crippen molar-refractivity contribution in [2.75, 3.05) is 6.54 Å². The summed E-state index contributed by atoms with van der Waals surface area (Å²) in [7, 11) is 0. The van der Waals surface area contributed by atoms with Crippen molar-refractivity contribution in [2.24, 2.45) is 23.0 Å². The first-order valence-electron chi connectivity index (χ1n) is 4.29. The molecular weight excluding hydrogens is 122 g/mol. The van der Waals surface area contributed by atoms with Gasteiger partial charge in [-0.25, -0.2) is 0 Å². The molecule has 0 unspecified atom stereocenters. The van der Waals surface area contributed by atoms with Gasteiger partial charge in [0, 0.05) is 0 Å². The summed E-state index contributed by atoms with van der Waals surface area (Å²) in [5.41, 5.74) is 6.12. The van der Waals surface area contributed by atoms with Gasteiger partial charge in [0.25, 0.3) is 0 Å². The summed E-state index contributed by atoms with van der Waals surface area (Å²) in [6.45, 7) is 7.80. The summed E-state index contributed by atoms with van der Waals surface area (Å²) in [6.07, 6.45) is 2.86. The van der Waals surface area contributed by atoms with E-state index in [4.69, 9.17) is 5.73 Å². The summed E-state index contributed by atoms with van der Waals surface area (Å²) in [4.78, 5) is 0. The highest BCUT2D eigenvalue weighted by atomic mass is 14.6. The average Bonchev–Trinajstić information content (AvgIpc) is 2.66. The number of rotatable bonds is 3. The molecule has 2 N–H and O–H groups in total. The Morgan fingerprint density at radius 1 is 1.50 bits per heavy atom. The molecule has 1 nitrogen and oxygen atoms in total. The predicted octanol–water partition coefficient (Wildman–Crippen LogP) is 2.02. The average molecular weight is 141 g/mol. The van der Waals surface area contributed by atoms with Crippen LogP contribution in [0.1, 0.15) is 33.6 Å². The van der Waals surface area contributed by atoms with E-state index in [-0.39, 0.29) is 0 Å². The molecule has 1 heteroatoms. The molecule has 0 aliphatic heterocycles. The lowest BCUT2D eigenvalue weighted by atomic mass is 9.76. The first kappa shape index (κ1) is 8.06. The van der Waals surface area contributed by atoms with Crippen LogP contribution in [-0.4, -0.2) is 6.54 Å². The monoisotopic (exact) mass is 141 g/mol. The van der Waals surface area contributed by atoms with Crippen molar-refractivity contribution in [3.63, 3.8) is 0 Å². The SMILES string of the molecule is C[C@H](CN)C(C)(C)C1CC1. The number of hydrogen-bond donors (Lipinski definition) is 1. The van der Waals surface area contributed by atoms with Gasteiger partial charge in [-0.3, -0.25) is 0 Å². The molecule has 0 bridgehead atoms. The Labute approximate surface area is 64.0 Å². The van der Waals surface area contributed by atoms with Crippen molar-refractivity contribution < 1.29 is 0 Å². The predicted molar refractivity (Wildman–Crippen MR) is 44.7 cm³/mol. The van der Waals surface area contributed by atoms with E-state index in [1.807, 2.05) is 0 Å². The minimum Gasteiger partial charge on any atom is -0.330 e. The van der Waals surface area contributed by atoms with Gasteiger partial charge in [0.05, 0.1) is 0 Å². The molecule has 1 atom stereocenters. The smallest absolute Gasteiger partial charge is 0.00463 e. The summed E-state index contributed by atoms with van der Waals surface area (Å²) in [5.74, 6) is 1.64. The molecule has 1 aliphatic rings. The molecule has 1 saturated carbocycles. The molecule has 1 aliphatic carbocycles. The molecule has 0 amide bonds. The highest BCUT2D eigenvalue weighted by Gasteiger charge is 2.40. The topological polar surface area (TPSA) is 26.0 Å². The van der Waals surface area contributed by atoms with Crippen LogP contribution >= 0.6 is 0 Å². The van der Waals surface area contributed by atoms with Crippen LogP contribution in [0.2, 0.25) is 0 Å². The number of nitrogens with two attached hydrogens (primary N) is 1. The second-order valence-corrected chi connectivity index (χ2v) is 4.23. The van der Waals surface area contributed by atoms with Crippen LogP contribution in [-0.2, 0) is 0 Å². The van der Waals surface area contributed by atoms with Crippen LogP contribution < -0.4 is 5.73 Å². The molecule has 0 aromatic rings. The summed E-state index contributed by atoms with van der Waals surface area (Å²) in [5, 5.41) is 0. The Balaban J connectivity index is 2.47. The zero-order chi connectivity index (χ0) is 7.78. The van der Waals surface area contributed by atoms with E-state index < -0.39 is 0 Å². The van der Waals surface area contributed by atoms with E-state index in [0.717, 1.165) is 12.5 Å². The molecule has 10 heavy (non-hydrogen) atoms. The third-order valence-electron chi connectivity index (χ3n) is 3.25. The van der Waals surface area contributed by atoms with Crippen molar-refractivity contribution in [3.05, 3.63) is 0 Å². The zero-order valence-electron chi connectivity index (χ0n) is 7.35. The van der Waals surface area contributed by atoms with Gasteiger partial charge in [-0.2, -0.15) is 0 Å². The van der Waals surface area contributed by atoms with Crippen LogP contribution in [0, 0.1) is 17.3 Å². The fourth-order valence-electron chi connectivity index (χ4n) is 1.53. The van der Waals surface area contributed by atoms with Crippen LogP contribution in [0.15, 0.2) is 0 Å². The molecule has 0 radical (unpaired) electrons.